The van der Waals surface area contributed by atoms with Gasteiger partial charge in [-0.15, -0.1) is 10.2 Å². The molecular formula is C13H16N4OS. The number of nitrogens with one attached hydrogen (secondary N) is 1. The number of pyridine rings is 1. The minimum absolute atomic E-state index is 0.539. The van der Waals surface area contributed by atoms with Crippen LogP contribution in [0.2, 0.25) is 0 Å². The summed E-state index contributed by atoms with van der Waals surface area (Å²) in [5.41, 5.74) is 2.35. The summed E-state index contributed by atoms with van der Waals surface area (Å²) in [7, 11) is 0. The summed E-state index contributed by atoms with van der Waals surface area (Å²) in [4.78, 5) is 4.48. The van der Waals surface area contributed by atoms with Gasteiger partial charge in [0.1, 0.15) is 5.03 Å². The first-order valence-electron chi connectivity index (χ1n) is 6.37. The molecule has 0 radical (unpaired) electrons. The van der Waals surface area contributed by atoms with Crippen molar-refractivity contribution in [2.75, 3.05) is 0 Å². The summed E-state index contributed by atoms with van der Waals surface area (Å²) in [5, 5.41) is 12.7. The number of aryl methyl sites for hydroxylation is 2. The van der Waals surface area contributed by atoms with Gasteiger partial charge in [0.2, 0.25) is 5.89 Å². The molecule has 6 heteroatoms. The molecule has 100 valence electrons. The fourth-order valence-electron chi connectivity index (χ4n) is 1.78. The lowest BCUT2D eigenvalue weighted by molar-refractivity contribution is 0.429. The van der Waals surface area contributed by atoms with Gasteiger partial charge in [0.25, 0.3) is 5.22 Å². The van der Waals surface area contributed by atoms with Gasteiger partial charge >= 0.3 is 0 Å². The minimum atomic E-state index is 0.539. The molecule has 3 rings (SSSR count). The minimum Gasteiger partial charge on any atom is -0.416 e. The van der Waals surface area contributed by atoms with E-state index in [1.54, 1.807) is 6.92 Å². The van der Waals surface area contributed by atoms with Crippen LogP contribution < -0.4 is 5.32 Å². The predicted octanol–water partition coefficient (Wildman–Crippen LogP) is 2.48. The van der Waals surface area contributed by atoms with E-state index in [-0.39, 0.29) is 0 Å². The van der Waals surface area contributed by atoms with Crippen molar-refractivity contribution in [1.29, 1.82) is 0 Å². The largest absolute Gasteiger partial charge is 0.416 e. The van der Waals surface area contributed by atoms with Gasteiger partial charge in [0, 0.05) is 25.7 Å². The van der Waals surface area contributed by atoms with Crippen molar-refractivity contribution in [3.63, 3.8) is 0 Å². The quantitative estimate of drug-likeness (QED) is 0.905. The highest BCUT2D eigenvalue weighted by Gasteiger charge is 2.20. The summed E-state index contributed by atoms with van der Waals surface area (Å²) in [6, 6.07) is 2.88. The van der Waals surface area contributed by atoms with Crippen molar-refractivity contribution < 1.29 is 4.42 Å². The van der Waals surface area contributed by atoms with Gasteiger partial charge in [0.05, 0.1) is 0 Å². The van der Waals surface area contributed by atoms with E-state index in [1.165, 1.54) is 30.2 Å². The van der Waals surface area contributed by atoms with E-state index in [4.69, 9.17) is 4.42 Å². The molecule has 0 aliphatic heterocycles. The molecule has 2 aromatic rings. The number of rotatable bonds is 5. The van der Waals surface area contributed by atoms with Crippen molar-refractivity contribution >= 4 is 11.8 Å². The summed E-state index contributed by atoms with van der Waals surface area (Å²) in [5.74, 6) is 0.574. The Kier molecular flexibility index (Phi) is 3.52. The van der Waals surface area contributed by atoms with Gasteiger partial charge in [-0.2, -0.15) is 0 Å². The molecule has 0 bridgehead atoms. The Bertz CT molecular complexity index is 580. The van der Waals surface area contributed by atoms with Crippen LogP contribution in [-0.2, 0) is 6.54 Å². The molecule has 19 heavy (non-hydrogen) atoms. The molecule has 0 unspecified atom stereocenters. The molecule has 1 N–H and O–H groups in total. The highest BCUT2D eigenvalue weighted by Crippen LogP contribution is 2.27. The normalized spacial score (nSPS) is 14.8. The van der Waals surface area contributed by atoms with Gasteiger partial charge in [-0.1, -0.05) is 6.07 Å². The summed E-state index contributed by atoms with van der Waals surface area (Å²) >= 11 is 1.41. The first-order valence-corrected chi connectivity index (χ1v) is 7.19. The Hall–Kier alpha value is -1.40. The third kappa shape index (κ3) is 3.33. The Morgan fingerprint density at radius 2 is 2.21 bits per heavy atom. The SMILES string of the molecule is Cc1nnc(Sc2ncc(CNC3CC3)cc2C)o1. The Labute approximate surface area is 116 Å². The predicted molar refractivity (Wildman–Crippen MR) is 72.0 cm³/mol. The molecule has 0 atom stereocenters. The fourth-order valence-corrected chi connectivity index (χ4v) is 2.51. The van der Waals surface area contributed by atoms with Gasteiger partial charge < -0.3 is 9.73 Å². The lowest BCUT2D eigenvalue weighted by atomic mass is 10.2. The van der Waals surface area contributed by atoms with Gasteiger partial charge in [-0.05, 0) is 42.7 Å². The monoisotopic (exact) mass is 276 g/mol. The molecule has 1 aliphatic carbocycles. The molecule has 2 heterocycles. The van der Waals surface area contributed by atoms with Gasteiger partial charge in [-0.25, -0.2) is 4.98 Å². The van der Waals surface area contributed by atoms with Gasteiger partial charge in [0.15, 0.2) is 0 Å². The molecule has 5 nitrogen and oxygen atoms in total. The number of nitrogens with zero attached hydrogens (tertiary/aromatic N) is 3. The Morgan fingerprint density at radius 1 is 1.37 bits per heavy atom. The molecule has 0 saturated heterocycles. The highest BCUT2D eigenvalue weighted by molar-refractivity contribution is 7.99. The molecular weight excluding hydrogens is 260 g/mol. The van der Waals surface area contributed by atoms with E-state index in [1.807, 2.05) is 6.20 Å². The van der Waals surface area contributed by atoms with E-state index in [0.717, 1.165) is 23.2 Å². The van der Waals surface area contributed by atoms with Crippen molar-refractivity contribution in [2.24, 2.45) is 0 Å². The molecule has 1 fully saturated rings. The van der Waals surface area contributed by atoms with Crippen LogP contribution in [0.25, 0.3) is 0 Å². The van der Waals surface area contributed by atoms with Gasteiger partial charge in [-0.3, -0.25) is 0 Å². The molecule has 0 aromatic carbocycles. The first kappa shape index (κ1) is 12.6. The van der Waals surface area contributed by atoms with E-state index >= 15 is 0 Å². The Balaban J connectivity index is 1.67. The zero-order valence-corrected chi connectivity index (χ0v) is 11.8. The van der Waals surface area contributed by atoms with Crippen LogP contribution in [-0.4, -0.2) is 21.2 Å². The second-order valence-electron chi connectivity index (χ2n) is 4.81. The summed E-state index contributed by atoms with van der Waals surface area (Å²) in [6.45, 7) is 4.73. The van der Waals surface area contributed by atoms with Crippen LogP contribution in [0.15, 0.2) is 26.9 Å². The zero-order valence-electron chi connectivity index (χ0n) is 11.0. The molecule has 0 spiro atoms. The standard InChI is InChI=1S/C13H16N4OS/c1-8-5-10(6-14-11-3-4-11)7-15-12(8)19-13-17-16-9(2)18-13/h5,7,11,14H,3-4,6H2,1-2H3. The molecule has 1 aliphatic rings. The molecule has 2 aromatic heterocycles. The third-order valence-electron chi connectivity index (χ3n) is 2.95. The average Bonchev–Trinajstić information content (AvgIpc) is 3.13. The second-order valence-corrected chi connectivity index (χ2v) is 5.75. The van der Waals surface area contributed by atoms with Crippen LogP contribution >= 0.6 is 11.8 Å². The van der Waals surface area contributed by atoms with Crippen LogP contribution in [0.5, 0.6) is 0 Å². The molecule has 1 saturated carbocycles. The van der Waals surface area contributed by atoms with E-state index in [0.29, 0.717) is 11.1 Å². The van der Waals surface area contributed by atoms with Crippen molar-refractivity contribution in [3.05, 3.63) is 29.3 Å². The lowest BCUT2D eigenvalue weighted by Crippen LogP contribution is -2.15. The topological polar surface area (TPSA) is 63.8 Å². The van der Waals surface area contributed by atoms with Crippen molar-refractivity contribution in [3.8, 4) is 0 Å². The highest BCUT2D eigenvalue weighted by atomic mass is 32.2. The Morgan fingerprint density at radius 3 is 2.84 bits per heavy atom. The lowest BCUT2D eigenvalue weighted by Gasteiger charge is -2.06. The van der Waals surface area contributed by atoms with Crippen LogP contribution in [0.1, 0.15) is 29.9 Å². The number of hydrogen-bond acceptors (Lipinski definition) is 6. The fraction of sp³-hybridized carbons (Fsp3) is 0.462. The first-order chi connectivity index (χ1) is 9.20. The molecule has 0 amide bonds. The maximum Gasteiger partial charge on any atom is 0.282 e. The second kappa shape index (κ2) is 5.30. The third-order valence-corrected chi connectivity index (χ3v) is 3.91. The van der Waals surface area contributed by atoms with Crippen molar-refractivity contribution in [1.82, 2.24) is 20.5 Å². The average molecular weight is 276 g/mol. The summed E-state index contributed by atoms with van der Waals surface area (Å²) in [6.07, 6.45) is 4.52. The van der Waals surface area contributed by atoms with E-state index in [9.17, 15) is 0 Å². The van der Waals surface area contributed by atoms with Crippen molar-refractivity contribution in [2.45, 2.75) is 49.5 Å². The van der Waals surface area contributed by atoms with E-state index in [2.05, 4.69) is 33.5 Å². The maximum atomic E-state index is 5.35. The number of aromatic nitrogens is 3. The van der Waals surface area contributed by atoms with Crippen LogP contribution in [0.3, 0.4) is 0 Å². The zero-order chi connectivity index (χ0) is 13.2. The number of hydrogen-bond donors (Lipinski definition) is 1. The van der Waals surface area contributed by atoms with Crippen LogP contribution in [0, 0.1) is 13.8 Å². The van der Waals surface area contributed by atoms with Crippen LogP contribution in [0.4, 0.5) is 0 Å². The summed E-state index contributed by atoms with van der Waals surface area (Å²) < 4.78 is 5.35. The van der Waals surface area contributed by atoms with E-state index < -0.39 is 0 Å². The smallest absolute Gasteiger partial charge is 0.282 e. The maximum absolute atomic E-state index is 5.35.